The van der Waals surface area contributed by atoms with E-state index in [1.165, 1.54) is 0 Å². The molecule has 4 heteroatoms. The van der Waals surface area contributed by atoms with Crippen molar-refractivity contribution in [3.63, 3.8) is 0 Å². The minimum atomic E-state index is -0.816. The molecule has 0 aliphatic carbocycles. The van der Waals surface area contributed by atoms with Crippen LogP contribution in [0.2, 0.25) is 0 Å². The Morgan fingerprint density at radius 2 is 1.62 bits per heavy atom. The summed E-state index contributed by atoms with van der Waals surface area (Å²) in [5, 5.41) is 0. The highest BCUT2D eigenvalue weighted by molar-refractivity contribution is 8.28. The summed E-state index contributed by atoms with van der Waals surface area (Å²) in [6, 6.07) is 0. The zero-order chi connectivity index (χ0) is 6.78. The first kappa shape index (κ1) is 8.73. The second-order valence-corrected chi connectivity index (χ2v) is 5.26. The summed E-state index contributed by atoms with van der Waals surface area (Å²) >= 11 is 0. The number of nitrogens with zero attached hydrogens (tertiary/aromatic N) is 1. The number of rotatable bonds is 0. The molecular formula is C4H9Cl2NS. The summed E-state index contributed by atoms with van der Waals surface area (Å²) in [4.78, 5) is 0. The van der Waals surface area contributed by atoms with E-state index in [1.54, 1.807) is 0 Å². The molecule has 0 aliphatic heterocycles. The van der Waals surface area contributed by atoms with Crippen molar-refractivity contribution >= 4 is 30.5 Å². The van der Waals surface area contributed by atoms with E-state index in [-0.39, 0.29) is 5.54 Å². The lowest BCUT2D eigenvalue weighted by atomic mass is 10.1. The number of halogens is 2. The highest BCUT2D eigenvalue weighted by Gasteiger charge is 2.06. The van der Waals surface area contributed by atoms with Crippen LogP contribution in [0.4, 0.5) is 0 Å². The molecule has 0 atom stereocenters. The minimum absolute atomic E-state index is 0.105. The fourth-order valence-corrected chi connectivity index (χ4v) is 1.86. The van der Waals surface area contributed by atoms with Crippen molar-refractivity contribution in [3.8, 4) is 0 Å². The Hall–Kier alpha value is 0.730. The third-order valence-electron chi connectivity index (χ3n) is 0.343. The normalized spacial score (nSPS) is 12.2. The fourth-order valence-electron chi connectivity index (χ4n) is 0.207. The van der Waals surface area contributed by atoms with E-state index in [2.05, 4.69) is 4.36 Å². The molecule has 0 aromatic rings. The van der Waals surface area contributed by atoms with Gasteiger partial charge in [0.25, 0.3) is 0 Å². The SMILES string of the molecule is CC(C)(C)N=S(Cl)Cl. The molecule has 0 saturated carbocycles. The Balaban J connectivity index is 3.89. The molecule has 0 N–H and O–H groups in total. The second-order valence-electron chi connectivity index (χ2n) is 2.46. The second kappa shape index (κ2) is 3.04. The van der Waals surface area contributed by atoms with Crippen LogP contribution in [0.25, 0.3) is 0 Å². The first-order chi connectivity index (χ1) is 3.42. The highest BCUT2D eigenvalue weighted by atomic mass is 36.0. The molecule has 0 heterocycles. The van der Waals surface area contributed by atoms with Gasteiger partial charge in [0, 0.05) is 0 Å². The third-order valence-corrected chi connectivity index (χ3v) is 1.44. The molecule has 0 aromatic heterocycles. The molecule has 1 nitrogen and oxygen atoms in total. The van der Waals surface area contributed by atoms with Crippen LogP contribution in [0.15, 0.2) is 4.36 Å². The van der Waals surface area contributed by atoms with Gasteiger partial charge >= 0.3 is 0 Å². The average molecular weight is 174 g/mol. The van der Waals surface area contributed by atoms with Crippen LogP contribution < -0.4 is 0 Å². The maximum atomic E-state index is 5.39. The quantitative estimate of drug-likeness (QED) is 0.535. The van der Waals surface area contributed by atoms with Crippen LogP contribution in [-0.4, -0.2) is 5.54 Å². The molecule has 0 radical (unpaired) electrons. The smallest absolute Gasteiger partial charge is 0.0872 e. The summed E-state index contributed by atoms with van der Waals surface area (Å²) < 4.78 is 3.97. The van der Waals surface area contributed by atoms with E-state index in [0.717, 1.165) is 0 Å². The van der Waals surface area contributed by atoms with Gasteiger partial charge in [-0.1, -0.05) is 0 Å². The monoisotopic (exact) mass is 173 g/mol. The Kier molecular flexibility index (Phi) is 3.32. The molecule has 0 rings (SSSR count). The lowest BCUT2D eigenvalue weighted by molar-refractivity contribution is 0.594. The van der Waals surface area contributed by atoms with Crippen LogP contribution in [0, 0.1) is 0 Å². The fraction of sp³-hybridized carbons (Fsp3) is 1.00. The van der Waals surface area contributed by atoms with Crippen molar-refractivity contribution in [1.29, 1.82) is 0 Å². The molecule has 0 aliphatic rings. The topological polar surface area (TPSA) is 12.4 Å². The maximum absolute atomic E-state index is 5.39. The van der Waals surface area contributed by atoms with Crippen molar-refractivity contribution < 1.29 is 0 Å². The van der Waals surface area contributed by atoms with E-state index < -0.39 is 9.12 Å². The average Bonchev–Trinajstić information content (AvgIpc) is 1.21. The molecule has 0 bridgehead atoms. The number of hydrogen-bond acceptors (Lipinski definition) is 1. The van der Waals surface area contributed by atoms with Gasteiger partial charge in [-0.05, 0) is 42.1 Å². The summed E-state index contributed by atoms with van der Waals surface area (Å²) in [7, 11) is 9.96. The van der Waals surface area contributed by atoms with Crippen LogP contribution in [0.1, 0.15) is 20.8 Å². The Morgan fingerprint density at radius 3 is 1.62 bits per heavy atom. The molecule has 0 amide bonds. The van der Waals surface area contributed by atoms with Crippen LogP contribution >= 0.6 is 21.4 Å². The van der Waals surface area contributed by atoms with E-state index >= 15 is 0 Å². The third kappa shape index (κ3) is 6.73. The van der Waals surface area contributed by atoms with Crippen molar-refractivity contribution in [1.82, 2.24) is 0 Å². The predicted octanol–water partition coefficient (Wildman–Crippen LogP) is 2.89. The molecular weight excluding hydrogens is 165 g/mol. The van der Waals surface area contributed by atoms with Gasteiger partial charge in [0.05, 0.1) is 14.7 Å². The van der Waals surface area contributed by atoms with Crippen molar-refractivity contribution in [2.75, 3.05) is 0 Å². The first-order valence-electron chi connectivity index (χ1n) is 2.21. The summed E-state index contributed by atoms with van der Waals surface area (Å²) in [5.41, 5.74) is -0.105. The molecule has 50 valence electrons. The van der Waals surface area contributed by atoms with Crippen LogP contribution in [0.5, 0.6) is 0 Å². The summed E-state index contributed by atoms with van der Waals surface area (Å²) in [6.07, 6.45) is 0. The van der Waals surface area contributed by atoms with Crippen LogP contribution in [0.3, 0.4) is 0 Å². The standard InChI is InChI=1S/C4H9Cl2NS/c1-4(2,3)7-8(5)6/h1-3H3. The van der Waals surface area contributed by atoms with Gasteiger partial charge in [-0.3, -0.25) is 0 Å². The molecule has 0 unspecified atom stereocenters. The zero-order valence-electron chi connectivity index (χ0n) is 5.11. The molecule has 0 aromatic carbocycles. The Labute approximate surface area is 61.5 Å². The summed E-state index contributed by atoms with van der Waals surface area (Å²) in [6.45, 7) is 5.87. The van der Waals surface area contributed by atoms with Gasteiger partial charge in [-0.2, -0.15) is 0 Å². The van der Waals surface area contributed by atoms with Gasteiger partial charge in [0.2, 0.25) is 0 Å². The first-order valence-corrected chi connectivity index (χ1v) is 5.05. The minimum Gasteiger partial charge on any atom is -0.230 e. The predicted molar refractivity (Wildman–Crippen MR) is 41.3 cm³/mol. The molecule has 0 fully saturated rings. The number of hydrogen-bond donors (Lipinski definition) is 0. The molecule has 0 spiro atoms. The Bertz CT molecular complexity index is 101. The van der Waals surface area contributed by atoms with Crippen molar-refractivity contribution in [2.45, 2.75) is 26.3 Å². The van der Waals surface area contributed by atoms with Crippen molar-refractivity contribution in [3.05, 3.63) is 0 Å². The molecule has 8 heavy (non-hydrogen) atoms. The van der Waals surface area contributed by atoms with Crippen LogP contribution in [-0.2, 0) is 9.12 Å². The van der Waals surface area contributed by atoms with Gasteiger partial charge < -0.3 is 0 Å². The highest BCUT2D eigenvalue weighted by Crippen LogP contribution is 2.12. The van der Waals surface area contributed by atoms with E-state index in [0.29, 0.717) is 0 Å². The van der Waals surface area contributed by atoms with Gasteiger partial charge in [-0.25, -0.2) is 4.36 Å². The van der Waals surface area contributed by atoms with Gasteiger partial charge in [0.15, 0.2) is 0 Å². The Morgan fingerprint density at radius 1 is 1.25 bits per heavy atom. The van der Waals surface area contributed by atoms with E-state index in [9.17, 15) is 0 Å². The molecule has 0 saturated heterocycles. The lowest BCUT2D eigenvalue weighted by Crippen LogP contribution is -2.08. The van der Waals surface area contributed by atoms with Gasteiger partial charge in [-0.15, -0.1) is 0 Å². The van der Waals surface area contributed by atoms with E-state index in [1.807, 2.05) is 20.8 Å². The largest absolute Gasteiger partial charge is 0.230 e. The zero-order valence-corrected chi connectivity index (χ0v) is 7.44. The maximum Gasteiger partial charge on any atom is 0.0872 e. The lowest BCUT2D eigenvalue weighted by Gasteiger charge is -2.09. The summed E-state index contributed by atoms with van der Waals surface area (Å²) in [5.74, 6) is 0. The van der Waals surface area contributed by atoms with E-state index in [4.69, 9.17) is 21.4 Å². The van der Waals surface area contributed by atoms with Gasteiger partial charge in [0.1, 0.15) is 0 Å². The van der Waals surface area contributed by atoms with Crippen molar-refractivity contribution in [2.24, 2.45) is 4.36 Å².